The summed E-state index contributed by atoms with van der Waals surface area (Å²) in [5.41, 5.74) is 2.92. The molecule has 0 unspecified atom stereocenters. The highest BCUT2D eigenvalue weighted by Crippen LogP contribution is 2.33. The van der Waals surface area contributed by atoms with E-state index < -0.39 is 28.5 Å². The Morgan fingerprint density at radius 3 is 2.09 bits per heavy atom. The maximum atomic E-state index is 14.6. The van der Waals surface area contributed by atoms with Gasteiger partial charge in [-0.2, -0.15) is 0 Å². The van der Waals surface area contributed by atoms with Crippen LogP contribution in [0.25, 0.3) is 0 Å². The van der Waals surface area contributed by atoms with Gasteiger partial charge in [0.2, 0.25) is 11.8 Å². The minimum Gasteiger partial charge on any atom is -0.497 e. The highest BCUT2D eigenvalue weighted by atomic mass is 32.2. The van der Waals surface area contributed by atoms with Gasteiger partial charge in [-0.05, 0) is 60.9 Å². The lowest BCUT2D eigenvalue weighted by atomic mass is 10.0. The fourth-order valence-corrected chi connectivity index (χ4v) is 6.46. The molecule has 0 radical (unpaired) electrons. The molecule has 2 amide bonds. The van der Waals surface area contributed by atoms with Crippen LogP contribution in [0, 0.1) is 6.92 Å². The highest BCUT2D eigenvalue weighted by molar-refractivity contribution is 7.92. The Hall–Kier alpha value is -4.83. The van der Waals surface area contributed by atoms with Crippen LogP contribution in [-0.2, 0) is 32.6 Å². The van der Waals surface area contributed by atoms with Gasteiger partial charge in [0.1, 0.15) is 24.1 Å². The van der Waals surface area contributed by atoms with Crippen molar-refractivity contribution in [2.45, 2.75) is 44.2 Å². The summed E-state index contributed by atoms with van der Waals surface area (Å²) in [6, 6.07) is 28.8. The van der Waals surface area contributed by atoms with Gasteiger partial charge in [0, 0.05) is 19.5 Å². The van der Waals surface area contributed by atoms with Crippen LogP contribution in [0.1, 0.15) is 30.0 Å². The largest absolute Gasteiger partial charge is 0.497 e. The van der Waals surface area contributed by atoms with Crippen molar-refractivity contribution in [3.8, 4) is 11.5 Å². The number of carbonyl (C=O) groups is 2. The molecule has 0 aliphatic heterocycles. The highest BCUT2D eigenvalue weighted by Gasteiger charge is 2.35. The third-order valence-corrected chi connectivity index (χ3v) is 9.35. The number of ether oxygens (including phenoxy) is 2. The van der Waals surface area contributed by atoms with Crippen molar-refractivity contribution in [2.24, 2.45) is 0 Å². The number of amides is 2. The molecule has 0 fully saturated rings. The van der Waals surface area contributed by atoms with E-state index in [2.05, 4.69) is 5.32 Å². The molecule has 0 saturated heterocycles. The molecule has 1 N–H and O–H groups in total. The number of hydrogen-bond acceptors (Lipinski definition) is 6. The minimum absolute atomic E-state index is 0.0291. The van der Waals surface area contributed by atoms with Crippen LogP contribution in [0.5, 0.6) is 11.5 Å². The predicted molar refractivity (Wildman–Crippen MR) is 179 cm³/mol. The topological polar surface area (TPSA) is 105 Å². The summed E-state index contributed by atoms with van der Waals surface area (Å²) in [5, 5.41) is 2.96. The Kier molecular flexibility index (Phi) is 11.8. The summed E-state index contributed by atoms with van der Waals surface area (Å²) in [7, 11) is -1.35. The van der Waals surface area contributed by atoms with Crippen molar-refractivity contribution in [3.63, 3.8) is 0 Å². The van der Waals surface area contributed by atoms with Crippen molar-refractivity contribution >= 4 is 27.5 Å². The summed E-state index contributed by atoms with van der Waals surface area (Å²) in [5.74, 6) is -0.0897. The van der Waals surface area contributed by atoms with Gasteiger partial charge >= 0.3 is 0 Å². The fourth-order valence-electron chi connectivity index (χ4n) is 5.03. The molecule has 4 aromatic rings. The van der Waals surface area contributed by atoms with E-state index in [0.29, 0.717) is 12.3 Å². The molecule has 0 spiro atoms. The van der Waals surface area contributed by atoms with Crippen molar-refractivity contribution < 1.29 is 27.5 Å². The molecule has 4 rings (SSSR count). The first-order valence-electron chi connectivity index (χ1n) is 15.1. The summed E-state index contributed by atoms with van der Waals surface area (Å²) in [6.45, 7) is 3.89. The fraction of sp³-hybridized carbons (Fsp3) is 0.278. The predicted octanol–water partition coefficient (Wildman–Crippen LogP) is 5.37. The lowest BCUT2D eigenvalue weighted by molar-refractivity contribution is -0.140. The van der Waals surface area contributed by atoms with Gasteiger partial charge in [0.05, 0.1) is 24.8 Å². The van der Waals surface area contributed by atoms with Gasteiger partial charge < -0.3 is 19.7 Å². The normalized spacial score (nSPS) is 11.7. The molecular weight excluding hydrogens is 602 g/mol. The maximum Gasteiger partial charge on any atom is 0.264 e. The van der Waals surface area contributed by atoms with Gasteiger partial charge in [-0.1, -0.05) is 79.2 Å². The molecule has 0 saturated carbocycles. The Morgan fingerprint density at radius 2 is 1.46 bits per heavy atom. The van der Waals surface area contributed by atoms with Gasteiger partial charge in [-0.3, -0.25) is 13.9 Å². The third kappa shape index (κ3) is 8.45. The van der Waals surface area contributed by atoms with Crippen LogP contribution in [-0.4, -0.2) is 58.5 Å². The van der Waals surface area contributed by atoms with E-state index in [4.69, 9.17) is 9.47 Å². The van der Waals surface area contributed by atoms with Crippen LogP contribution in [0.2, 0.25) is 0 Å². The van der Waals surface area contributed by atoms with Crippen LogP contribution < -0.4 is 19.1 Å². The number of rotatable bonds is 15. The molecule has 4 aromatic carbocycles. The molecule has 242 valence electrons. The van der Waals surface area contributed by atoms with E-state index in [1.54, 1.807) is 36.4 Å². The van der Waals surface area contributed by atoms with Crippen molar-refractivity contribution in [1.82, 2.24) is 10.2 Å². The number of methoxy groups -OCH3 is 2. The average molecular weight is 644 g/mol. The van der Waals surface area contributed by atoms with Gasteiger partial charge in [-0.25, -0.2) is 8.42 Å². The molecule has 0 aliphatic carbocycles. The second-order valence-electron chi connectivity index (χ2n) is 10.9. The number of benzene rings is 4. The number of nitrogens with zero attached hydrogens (tertiary/aromatic N) is 2. The number of anilines is 1. The van der Waals surface area contributed by atoms with E-state index in [-0.39, 0.29) is 35.2 Å². The minimum atomic E-state index is -4.29. The molecular formula is C36H41N3O6S. The molecule has 0 aliphatic rings. The van der Waals surface area contributed by atoms with E-state index in [0.717, 1.165) is 27.4 Å². The van der Waals surface area contributed by atoms with E-state index in [1.165, 1.54) is 31.3 Å². The number of nitrogens with one attached hydrogen (secondary N) is 1. The van der Waals surface area contributed by atoms with Crippen molar-refractivity contribution in [2.75, 3.05) is 31.6 Å². The van der Waals surface area contributed by atoms with Crippen molar-refractivity contribution in [1.29, 1.82) is 0 Å². The number of aryl methyl sites for hydroxylation is 1. The van der Waals surface area contributed by atoms with E-state index >= 15 is 0 Å². The summed E-state index contributed by atoms with van der Waals surface area (Å²) in [4.78, 5) is 29.8. The van der Waals surface area contributed by atoms with Gasteiger partial charge in [-0.15, -0.1) is 0 Å². The molecule has 0 aromatic heterocycles. The molecule has 0 heterocycles. The first-order chi connectivity index (χ1) is 22.2. The standard InChI is InChI=1S/C36H41N3O6S/c1-5-23-37-36(41)33(24-28-11-7-6-8-12-28)38(25-29-17-15-27(2)16-18-29)35(40)26-39(32-13-9-10-14-34(32)45-4)46(42,43)31-21-19-30(44-3)20-22-31/h6-22,33H,5,23-26H2,1-4H3,(H,37,41)/t33-/m0/s1. The van der Waals surface area contributed by atoms with Crippen LogP contribution in [0.3, 0.4) is 0 Å². The molecule has 9 nitrogen and oxygen atoms in total. The van der Waals surface area contributed by atoms with Crippen LogP contribution in [0.4, 0.5) is 5.69 Å². The van der Waals surface area contributed by atoms with Crippen LogP contribution >= 0.6 is 0 Å². The Balaban J connectivity index is 1.82. The Labute approximate surface area is 271 Å². The average Bonchev–Trinajstić information content (AvgIpc) is 3.08. The molecule has 1 atom stereocenters. The Bertz CT molecular complexity index is 1690. The van der Waals surface area contributed by atoms with E-state index in [9.17, 15) is 18.0 Å². The summed E-state index contributed by atoms with van der Waals surface area (Å²) in [6.07, 6.45) is 0.964. The molecule has 10 heteroatoms. The third-order valence-electron chi connectivity index (χ3n) is 7.57. The van der Waals surface area contributed by atoms with Crippen LogP contribution in [0.15, 0.2) is 108 Å². The lowest BCUT2D eigenvalue weighted by Crippen LogP contribution is -2.53. The lowest BCUT2D eigenvalue weighted by Gasteiger charge is -2.34. The summed E-state index contributed by atoms with van der Waals surface area (Å²) < 4.78 is 40.3. The van der Waals surface area contributed by atoms with Crippen molar-refractivity contribution in [3.05, 3.63) is 120 Å². The Morgan fingerprint density at radius 1 is 0.804 bits per heavy atom. The zero-order chi connectivity index (χ0) is 33.1. The smallest absolute Gasteiger partial charge is 0.264 e. The monoisotopic (exact) mass is 643 g/mol. The maximum absolute atomic E-state index is 14.6. The summed E-state index contributed by atoms with van der Waals surface area (Å²) >= 11 is 0. The van der Waals surface area contributed by atoms with Gasteiger partial charge in [0.25, 0.3) is 10.0 Å². The number of sulfonamides is 1. The SMILES string of the molecule is CCCNC(=O)[C@H](Cc1ccccc1)N(Cc1ccc(C)cc1)C(=O)CN(c1ccccc1OC)S(=O)(=O)c1ccc(OC)cc1. The quantitative estimate of drug-likeness (QED) is 0.187. The first-order valence-corrected chi connectivity index (χ1v) is 16.6. The number of para-hydroxylation sites is 2. The number of carbonyl (C=O) groups excluding carboxylic acids is 2. The zero-order valence-corrected chi connectivity index (χ0v) is 27.5. The second kappa shape index (κ2) is 15.9. The second-order valence-corrected chi connectivity index (χ2v) is 12.7. The molecule has 0 bridgehead atoms. The zero-order valence-electron chi connectivity index (χ0n) is 26.7. The first kappa shape index (κ1) is 34.1. The van der Waals surface area contributed by atoms with Gasteiger partial charge in [0.15, 0.2) is 0 Å². The molecule has 46 heavy (non-hydrogen) atoms. The number of hydrogen-bond donors (Lipinski definition) is 1. The van der Waals surface area contributed by atoms with E-state index in [1.807, 2.05) is 68.4 Å².